The molecule has 0 aliphatic carbocycles. The van der Waals surface area contributed by atoms with Crippen LogP contribution in [0.5, 0.6) is 11.5 Å². The normalized spacial score (nSPS) is 12.0. The molecular formula is C18H21BrO2. The van der Waals surface area contributed by atoms with Gasteiger partial charge in [-0.25, -0.2) is 0 Å². The lowest BCUT2D eigenvalue weighted by molar-refractivity contribution is 0.398. The Morgan fingerprint density at radius 3 is 2.33 bits per heavy atom. The van der Waals surface area contributed by atoms with Crippen LogP contribution in [-0.2, 0) is 6.42 Å². The molecule has 0 saturated carbocycles. The van der Waals surface area contributed by atoms with Crippen LogP contribution < -0.4 is 9.47 Å². The number of hydrogen-bond acceptors (Lipinski definition) is 2. The van der Waals surface area contributed by atoms with Crippen molar-refractivity contribution in [1.82, 2.24) is 0 Å². The van der Waals surface area contributed by atoms with Crippen molar-refractivity contribution in [2.24, 2.45) is 0 Å². The summed E-state index contributed by atoms with van der Waals surface area (Å²) in [5.41, 5.74) is 5.06. The third-order valence-electron chi connectivity index (χ3n) is 3.76. The molecule has 112 valence electrons. The molecule has 0 N–H and O–H groups in total. The first kappa shape index (κ1) is 15.9. The predicted octanol–water partition coefficient (Wildman–Crippen LogP) is 5.00. The van der Waals surface area contributed by atoms with Gasteiger partial charge in [-0.15, -0.1) is 0 Å². The molecule has 1 unspecified atom stereocenters. The smallest absolute Gasteiger partial charge is 0.123 e. The molecule has 2 nitrogen and oxygen atoms in total. The van der Waals surface area contributed by atoms with Crippen molar-refractivity contribution >= 4 is 15.9 Å². The van der Waals surface area contributed by atoms with Gasteiger partial charge < -0.3 is 9.47 Å². The fourth-order valence-electron chi connectivity index (χ4n) is 2.33. The second-order valence-corrected chi connectivity index (χ2v) is 6.30. The van der Waals surface area contributed by atoms with Crippen LogP contribution in [0.15, 0.2) is 36.4 Å². The summed E-state index contributed by atoms with van der Waals surface area (Å²) in [6.45, 7) is 4.28. The highest BCUT2D eigenvalue weighted by atomic mass is 79.9. The second-order valence-electron chi connectivity index (χ2n) is 5.20. The minimum atomic E-state index is 0.185. The number of aryl methyl sites for hydroxylation is 2. The Balaban J connectivity index is 2.26. The van der Waals surface area contributed by atoms with E-state index in [4.69, 9.17) is 9.47 Å². The Kier molecular flexibility index (Phi) is 5.29. The van der Waals surface area contributed by atoms with Crippen LogP contribution in [0.25, 0.3) is 0 Å². The lowest BCUT2D eigenvalue weighted by Crippen LogP contribution is -2.00. The third-order valence-corrected chi connectivity index (χ3v) is 4.58. The lowest BCUT2D eigenvalue weighted by atomic mass is 10.00. The third kappa shape index (κ3) is 3.79. The number of benzene rings is 2. The number of ether oxygens (including phenoxy) is 2. The SMILES string of the molecule is COc1ccc(OC)c(C(Br)Cc2ccc(C)c(C)c2)c1. The van der Waals surface area contributed by atoms with Crippen LogP contribution in [0.1, 0.15) is 27.1 Å². The summed E-state index contributed by atoms with van der Waals surface area (Å²) < 4.78 is 10.8. The van der Waals surface area contributed by atoms with E-state index in [9.17, 15) is 0 Å². The molecule has 2 aromatic rings. The number of halogens is 1. The fourth-order valence-corrected chi connectivity index (χ4v) is 3.06. The van der Waals surface area contributed by atoms with Gasteiger partial charge in [-0.3, -0.25) is 0 Å². The van der Waals surface area contributed by atoms with Crippen LogP contribution in [0, 0.1) is 13.8 Å². The summed E-state index contributed by atoms with van der Waals surface area (Å²) in [7, 11) is 3.37. The van der Waals surface area contributed by atoms with Gasteiger partial charge in [-0.2, -0.15) is 0 Å². The van der Waals surface area contributed by atoms with E-state index in [2.05, 4.69) is 48.0 Å². The molecule has 0 spiro atoms. The van der Waals surface area contributed by atoms with Crippen molar-refractivity contribution in [2.75, 3.05) is 14.2 Å². The van der Waals surface area contributed by atoms with Gasteiger partial charge in [0.15, 0.2) is 0 Å². The number of hydrogen-bond donors (Lipinski definition) is 0. The highest BCUT2D eigenvalue weighted by molar-refractivity contribution is 9.09. The van der Waals surface area contributed by atoms with Gasteiger partial charge in [0.2, 0.25) is 0 Å². The van der Waals surface area contributed by atoms with Gasteiger partial charge in [0.1, 0.15) is 11.5 Å². The molecule has 2 aromatic carbocycles. The van der Waals surface area contributed by atoms with Gasteiger partial charge >= 0.3 is 0 Å². The van der Waals surface area contributed by atoms with E-state index in [0.717, 1.165) is 23.5 Å². The standard InChI is InChI=1S/C18H21BrO2/c1-12-5-6-14(9-13(12)2)10-17(19)16-11-15(20-3)7-8-18(16)21-4/h5-9,11,17H,10H2,1-4H3. The van der Waals surface area contributed by atoms with Crippen LogP contribution in [0.4, 0.5) is 0 Å². The zero-order valence-electron chi connectivity index (χ0n) is 12.9. The Labute approximate surface area is 135 Å². The molecule has 0 saturated heterocycles. The van der Waals surface area contributed by atoms with E-state index < -0.39 is 0 Å². The minimum Gasteiger partial charge on any atom is -0.497 e. The fraction of sp³-hybridized carbons (Fsp3) is 0.333. The first-order valence-corrected chi connectivity index (χ1v) is 7.89. The monoisotopic (exact) mass is 348 g/mol. The van der Waals surface area contributed by atoms with Gasteiger partial charge in [0.25, 0.3) is 0 Å². The summed E-state index contributed by atoms with van der Waals surface area (Å²) in [5.74, 6) is 1.72. The van der Waals surface area contributed by atoms with Gasteiger partial charge in [-0.1, -0.05) is 34.1 Å². The van der Waals surface area contributed by atoms with Gasteiger partial charge in [-0.05, 0) is 55.2 Å². The molecule has 0 bridgehead atoms. The van der Waals surface area contributed by atoms with Gasteiger partial charge in [0, 0.05) is 10.4 Å². The maximum Gasteiger partial charge on any atom is 0.123 e. The van der Waals surface area contributed by atoms with Crippen LogP contribution >= 0.6 is 15.9 Å². The zero-order chi connectivity index (χ0) is 15.4. The van der Waals surface area contributed by atoms with Crippen molar-refractivity contribution in [3.05, 3.63) is 58.7 Å². The summed E-state index contributed by atoms with van der Waals surface area (Å²) in [6.07, 6.45) is 0.907. The Bertz CT molecular complexity index is 623. The summed E-state index contributed by atoms with van der Waals surface area (Å²) in [6, 6.07) is 12.5. The van der Waals surface area contributed by atoms with Crippen molar-refractivity contribution in [1.29, 1.82) is 0 Å². The van der Waals surface area contributed by atoms with Gasteiger partial charge in [0.05, 0.1) is 14.2 Å². The first-order valence-electron chi connectivity index (χ1n) is 6.97. The molecule has 0 amide bonds. The largest absolute Gasteiger partial charge is 0.497 e. The van der Waals surface area contributed by atoms with E-state index in [-0.39, 0.29) is 4.83 Å². The van der Waals surface area contributed by atoms with Crippen molar-refractivity contribution in [3.8, 4) is 11.5 Å². The molecule has 0 aliphatic rings. The molecule has 0 aliphatic heterocycles. The Morgan fingerprint density at radius 1 is 0.952 bits per heavy atom. The molecule has 1 atom stereocenters. The van der Waals surface area contributed by atoms with Crippen molar-refractivity contribution < 1.29 is 9.47 Å². The quantitative estimate of drug-likeness (QED) is 0.708. The first-order chi connectivity index (χ1) is 10.0. The van der Waals surface area contributed by atoms with E-state index in [1.807, 2.05) is 18.2 Å². The maximum absolute atomic E-state index is 5.46. The summed E-state index contributed by atoms with van der Waals surface area (Å²) in [4.78, 5) is 0.185. The lowest BCUT2D eigenvalue weighted by Gasteiger charge is -2.16. The molecule has 3 heteroatoms. The average molecular weight is 349 g/mol. The number of alkyl halides is 1. The Morgan fingerprint density at radius 2 is 1.71 bits per heavy atom. The zero-order valence-corrected chi connectivity index (χ0v) is 14.5. The number of rotatable bonds is 5. The average Bonchev–Trinajstić information content (AvgIpc) is 2.50. The van der Waals surface area contributed by atoms with E-state index >= 15 is 0 Å². The maximum atomic E-state index is 5.46. The highest BCUT2D eigenvalue weighted by Crippen LogP contribution is 2.36. The summed E-state index contributed by atoms with van der Waals surface area (Å²) >= 11 is 3.79. The molecule has 0 fully saturated rings. The molecule has 2 rings (SSSR count). The molecule has 21 heavy (non-hydrogen) atoms. The van der Waals surface area contributed by atoms with Crippen LogP contribution in [0.3, 0.4) is 0 Å². The summed E-state index contributed by atoms with van der Waals surface area (Å²) in [5, 5.41) is 0. The Hall–Kier alpha value is -1.48. The van der Waals surface area contributed by atoms with Crippen LogP contribution in [0.2, 0.25) is 0 Å². The van der Waals surface area contributed by atoms with Crippen LogP contribution in [-0.4, -0.2) is 14.2 Å². The second kappa shape index (κ2) is 6.99. The topological polar surface area (TPSA) is 18.5 Å². The minimum absolute atomic E-state index is 0.185. The van der Waals surface area contributed by atoms with Crippen molar-refractivity contribution in [3.63, 3.8) is 0 Å². The molecular weight excluding hydrogens is 328 g/mol. The number of methoxy groups -OCH3 is 2. The van der Waals surface area contributed by atoms with E-state index in [0.29, 0.717) is 0 Å². The van der Waals surface area contributed by atoms with Crippen molar-refractivity contribution in [2.45, 2.75) is 25.1 Å². The molecule has 0 aromatic heterocycles. The van der Waals surface area contributed by atoms with E-state index in [1.54, 1.807) is 14.2 Å². The van der Waals surface area contributed by atoms with E-state index in [1.165, 1.54) is 16.7 Å². The highest BCUT2D eigenvalue weighted by Gasteiger charge is 2.15. The molecule has 0 radical (unpaired) electrons. The molecule has 0 heterocycles. The predicted molar refractivity (Wildman–Crippen MR) is 90.8 cm³/mol.